The van der Waals surface area contributed by atoms with Gasteiger partial charge < -0.3 is 15.2 Å². The summed E-state index contributed by atoms with van der Waals surface area (Å²) in [5, 5.41) is 16.8. The molecule has 0 radical (unpaired) electrons. The number of halogens is 1. The van der Waals surface area contributed by atoms with Crippen LogP contribution in [0.4, 0.5) is 5.69 Å². The molecule has 4 aromatic rings. The van der Waals surface area contributed by atoms with Gasteiger partial charge in [0.2, 0.25) is 5.91 Å². The summed E-state index contributed by atoms with van der Waals surface area (Å²) in [6, 6.07) is 20.9. The highest BCUT2D eigenvalue weighted by Crippen LogP contribution is 2.24. The zero-order chi connectivity index (χ0) is 22.5. The lowest BCUT2D eigenvalue weighted by Crippen LogP contribution is -2.24. The summed E-state index contributed by atoms with van der Waals surface area (Å²) < 4.78 is 2.50. The third-order valence-corrected chi connectivity index (χ3v) is 6.56. The number of fused-ring (bicyclic) bond motifs is 1. The van der Waals surface area contributed by atoms with E-state index in [4.69, 9.17) is 0 Å². The Bertz CT molecular complexity index is 1290. The molecule has 32 heavy (non-hydrogen) atoms. The average molecular weight is 510 g/mol. The Balaban J connectivity index is 1.34. The van der Waals surface area contributed by atoms with Crippen molar-refractivity contribution in [2.75, 3.05) is 11.1 Å². The second-order valence-electron chi connectivity index (χ2n) is 6.98. The summed E-state index contributed by atoms with van der Waals surface area (Å²) in [7, 11) is 1.81. The normalized spacial score (nSPS) is 10.8. The molecule has 0 atom stereocenters. The van der Waals surface area contributed by atoms with Crippen LogP contribution in [-0.2, 0) is 18.4 Å². The summed E-state index contributed by atoms with van der Waals surface area (Å²) in [6.45, 7) is 0.229. The molecule has 0 bridgehead atoms. The van der Waals surface area contributed by atoms with Gasteiger partial charge in [0.15, 0.2) is 11.0 Å². The van der Waals surface area contributed by atoms with Crippen LogP contribution in [0.1, 0.15) is 16.2 Å². The summed E-state index contributed by atoms with van der Waals surface area (Å²) in [5.74, 6) is 0.461. The van der Waals surface area contributed by atoms with E-state index in [1.165, 1.54) is 11.8 Å². The van der Waals surface area contributed by atoms with E-state index in [2.05, 4.69) is 36.8 Å². The smallest absolute Gasteiger partial charge is 0.252 e. The fourth-order valence-electron chi connectivity index (χ4n) is 3.18. The maximum atomic E-state index is 12.5. The molecule has 2 amide bonds. The maximum Gasteiger partial charge on any atom is 0.252 e. The molecule has 2 N–H and O–H groups in total. The van der Waals surface area contributed by atoms with Crippen LogP contribution in [0.3, 0.4) is 0 Å². The van der Waals surface area contributed by atoms with Crippen molar-refractivity contribution in [3.63, 3.8) is 0 Å². The van der Waals surface area contributed by atoms with E-state index in [1.807, 2.05) is 61.6 Å². The lowest BCUT2D eigenvalue weighted by atomic mass is 10.1. The van der Waals surface area contributed by atoms with Crippen molar-refractivity contribution >= 4 is 56.0 Å². The molecule has 1 aromatic heterocycles. The number of carbonyl (C=O) groups is 2. The van der Waals surface area contributed by atoms with E-state index in [0.717, 1.165) is 20.9 Å². The van der Waals surface area contributed by atoms with Crippen LogP contribution in [0.25, 0.3) is 10.8 Å². The molecule has 0 fully saturated rings. The van der Waals surface area contributed by atoms with E-state index in [9.17, 15) is 9.59 Å². The van der Waals surface area contributed by atoms with Crippen LogP contribution in [0.15, 0.2) is 76.4 Å². The van der Waals surface area contributed by atoms with Crippen LogP contribution in [0.5, 0.6) is 0 Å². The highest BCUT2D eigenvalue weighted by molar-refractivity contribution is 9.10. The largest absolute Gasteiger partial charge is 0.345 e. The van der Waals surface area contributed by atoms with Crippen molar-refractivity contribution in [1.82, 2.24) is 20.1 Å². The van der Waals surface area contributed by atoms with Gasteiger partial charge in [-0.25, -0.2) is 0 Å². The first-order valence-corrected chi connectivity index (χ1v) is 11.6. The number of hydrogen-bond donors (Lipinski definition) is 2. The molecule has 1 heterocycles. The molecule has 9 heteroatoms. The standard InChI is InChI=1S/C23H20BrN5O2S/c1-29-20(13-25-22(31)17-10-4-5-11-18(17)24)27-28-23(29)32-14-21(30)26-19-12-6-8-15-7-2-3-9-16(15)19/h2-12H,13-14H2,1H3,(H,25,31)(H,26,30). The molecule has 0 spiro atoms. The monoisotopic (exact) mass is 509 g/mol. The molecule has 0 saturated carbocycles. The second kappa shape index (κ2) is 9.97. The van der Waals surface area contributed by atoms with E-state index < -0.39 is 0 Å². The Morgan fingerprint density at radius 2 is 1.75 bits per heavy atom. The number of rotatable bonds is 7. The van der Waals surface area contributed by atoms with Crippen LogP contribution in [0, 0.1) is 0 Å². The van der Waals surface area contributed by atoms with E-state index in [-0.39, 0.29) is 24.1 Å². The van der Waals surface area contributed by atoms with Crippen LogP contribution < -0.4 is 10.6 Å². The number of hydrogen-bond acceptors (Lipinski definition) is 5. The summed E-state index contributed by atoms with van der Waals surface area (Å²) in [6.07, 6.45) is 0. The highest BCUT2D eigenvalue weighted by atomic mass is 79.9. The fraction of sp³-hybridized carbons (Fsp3) is 0.130. The van der Waals surface area contributed by atoms with Crippen molar-refractivity contribution in [2.45, 2.75) is 11.7 Å². The second-order valence-corrected chi connectivity index (χ2v) is 8.78. The Morgan fingerprint density at radius 1 is 1.00 bits per heavy atom. The lowest BCUT2D eigenvalue weighted by Gasteiger charge is -2.09. The van der Waals surface area contributed by atoms with Gasteiger partial charge in [-0.2, -0.15) is 0 Å². The topological polar surface area (TPSA) is 88.9 Å². The number of carbonyl (C=O) groups excluding carboxylic acids is 2. The molecule has 0 aliphatic rings. The molecule has 0 saturated heterocycles. The van der Waals surface area contributed by atoms with Crippen molar-refractivity contribution in [3.05, 3.63) is 82.6 Å². The summed E-state index contributed by atoms with van der Waals surface area (Å²) >= 11 is 4.67. The van der Waals surface area contributed by atoms with Gasteiger partial charge in [-0.05, 0) is 39.5 Å². The minimum atomic E-state index is -0.204. The molecule has 0 unspecified atom stereocenters. The number of thioether (sulfide) groups is 1. The van der Waals surface area contributed by atoms with Gasteiger partial charge in [0, 0.05) is 22.6 Å². The first-order chi connectivity index (χ1) is 15.5. The fourth-order valence-corrected chi connectivity index (χ4v) is 4.37. The maximum absolute atomic E-state index is 12.5. The summed E-state index contributed by atoms with van der Waals surface area (Å²) in [4.78, 5) is 24.9. The Morgan fingerprint density at radius 3 is 2.59 bits per heavy atom. The predicted molar refractivity (Wildman–Crippen MR) is 130 cm³/mol. The number of amides is 2. The first-order valence-electron chi connectivity index (χ1n) is 9.84. The molecule has 0 aliphatic heterocycles. The van der Waals surface area contributed by atoms with Crippen molar-refractivity contribution in [1.29, 1.82) is 0 Å². The zero-order valence-electron chi connectivity index (χ0n) is 17.2. The Labute approximate surface area is 197 Å². The summed E-state index contributed by atoms with van der Waals surface area (Å²) in [5.41, 5.74) is 1.33. The average Bonchev–Trinajstić information content (AvgIpc) is 3.16. The van der Waals surface area contributed by atoms with E-state index >= 15 is 0 Å². The van der Waals surface area contributed by atoms with Crippen LogP contribution in [0.2, 0.25) is 0 Å². The highest BCUT2D eigenvalue weighted by Gasteiger charge is 2.14. The molecular formula is C23H20BrN5O2S. The molecule has 3 aromatic carbocycles. The number of anilines is 1. The number of benzene rings is 3. The SMILES string of the molecule is Cn1c(CNC(=O)c2ccccc2Br)nnc1SCC(=O)Nc1cccc2ccccc12. The minimum Gasteiger partial charge on any atom is -0.345 e. The van der Waals surface area contributed by atoms with Gasteiger partial charge in [-0.3, -0.25) is 9.59 Å². The molecule has 0 aliphatic carbocycles. The molecule has 162 valence electrons. The van der Waals surface area contributed by atoms with Crippen molar-refractivity contribution < 1.29 is 9.59 Å². The van der Waals surface area contributed by atoms with Crippen LogP contribution in [-0.4, -0.2) is 32.3 Å². The zero-order valence-corrected chi connectivity index (χ0v) is 19.6. The van der Waals surface area contributed by atoms with Crippen LogP contribution >= 0.6 is 27.7 Å². The van der Waals surface area contributed by atoms with Gasteiger partial charge in [-0.15, -0.1) is 10.2 Å². The lowest BCUT2D eigenvalue weighted by molar-refractivity contribution is -0.113. The van der Waals surface area contributed by atoms with E-state index in [0.29, 0.717) is 16.5 Å². The molecule has 4 rings (SSSR count). The number of aromatic nitrogens is 3. The quantitative estimate of drug-likeness (QED) is 0.360. The number of nitrogens with zero attached hydrogens (tertiary/aromatic N) is 3. The van der Waals surface area contributed by atoms with Crippen molar-refractivity contribution in [3.8, 4) is 0 Å². The van der Waals surface area contributed by atoms with Gasteiger partial charge >= 0.3 is 0 Å². The molecular weight excluding hydrogens is 490 g/mol. The minimum absolute atomic E-state index is 0.127. The number of nitrogens with one attached hydrogen (secondary N) is 2. The Kier molecular flexibility index (Phi) is 6.87. The van der Waals surface area contributed by atoms with E-state index in [1.54, 1.807) is 16.7 Å². The predicted octanol–water partition coefficient (Wildman–Crippen LogP) is 4.39. The van der Waals surface area contributed by atoms with Gasteiger partial charge in [0.25, 0.3) is 5.91 Å². The van der Waals surface area contributed by atoms with Gasteiger partial charge in [0.05, 0.1) is 17.9 Å². The Hall–Kier alpha value is -3.17. The first kappa shape index (κ1) is 22.0. The third-order valence-electron chi connectivity index (χ3n) is 4.85. The third kappa shape index (κ3) is 5.00. The van der Waals surface area contributed by atoms with Gasteiger partial charge in [-0.1, -0.05) is 60.3 Å². The van der Waals surface area contributed by atoms with Gasteiger partial charge in [0.1, 0.15) is 0 Å². The van der Waals surface area contributed by atoms with Crippen molar-refractivity contribution in [2.24, 2.45) is 7.05 Å². The molecule has 7 nitrogen and oxygen atoms in total.